The molecule has 7 heteroatoms. The van der Waals surface area contributed by atoms with Gasteiger partial charge in [-0.15, -0.1) is 0 Å². The van der Waals surface area contributed by atoms with Crippen molar-refractivity contribution in [1.29, 1.82) is 0 Å². The Labute approximate surface area is 190 Å². The summed E-state index contributed by atoms with van der Waals surface area (Å²) < 4.78 is 16.3. The van der Waals surface area contributed by atoms with E-state index in [1.165, 1.54) is 6.20 Å². The molecular weight excluding hydrogens is 408 g/mol. The largest absolute Gasteiger partial charge is 0.462 e. The average molecular weight is 443 g/mol. The fraction of sp³-hybridized carbons (Fsp3) is 0.480. The second-order valence-corrected chi connectivity index (χ2v) is 8.94. The second-order valence-electron chi connectivity index (χ2n) is 8.94. The van der Waals surface area contributed by atoms with Crippen molar-refractivity contribution >= 4 is 12.1 Å². The minimum Gasteiger partial charge on any atom is -0.462 e. The van der Waals surface area contributed by atoms with Gasteiger partial charge in [0.15, 0.2) is 0 Å². The maximum atomic E-state index is 12.6. The van der Waals surface area contributed by atoms with E-state index in [1.807, 2.05) is 45.0 Å². The van der Waals surface area contributed by atoms with E-state index < -0.39 is 11.6 Å². The van der Waals surface area contributed by atoms with E-state index in [9.17, 15) is 9.59 Å². The molecule has 0 spiro atoms. The molecular formula is C25H34N2O5. The van der Waals surface area contributed by atoms with Gasteiger partial charge < -0.3 is 19.1 Å². The fourth-order valence-corrected chi connectivity index (χ4v) is 2.76. The number of carbonyl (C=O) groups excluding carboxylic acids is 2. The monoisotopic (exact) mass is 442 g/mol. The third kappa shape index (κ3) is 8.57. The van der Waals surface area contributed by atoms with Crippen LogP contribution in [-0.4, -0.2) is 40.7 Å². The van der Waals surface area contributed by atoms with Gasteiger partial charge in [0.25, 0.3) is 0 Å². The molecule has 0 unspecified atom stereocenters. The lowest BCUT2D eigenvalue weighted by Crippen LogP contribution is -2.37. The standard InChI is InChI=1S/C25H34N2O5/c1-7-30-23(28)20-10-13-22(26-16-20)31-21-11-8-19(9-12-21)17-27(15-14-18(2)3)24(29)32-25(4,5)6/h8-13,16,18H,7,14-15,17H2,1-6H3. The Morgan fingerprint density at radius 2 is 1.75 bits per heavy atom. The predicted molar refractivity (Wildman–Crippen MR) is 123 cm³/mol. The lowest BCUT2D eigenvalue weighted by atomic mass is 10.1. The molecule has 0 aliphatic carbocycles. The van der Waals surface area contributed by atoms with Crippen molar-refractivity contribution in [1.82, 2.24) is 9.88 Å². The van der Waals surface area contributed by atoms with Crippen LogP contribution in [0.3, 0.4) is 0 Å². The first-order valence-electron chi connectivity index (χ1n) is 10.9. The summed E-state index contributed by atoms with van der Waals surface area (Å²) in [6.07, 6.45) is 2.01. The van der Waals surface area contributed by atoms with Crippen LogP contribution in [0.25, 0.3) is 0 Å². The van der Waals surface area contributed by atoms with Crippen molar-refractivity contribution in [2.75, 3.05) is 13.2 Å². The number of carbonyl (C=O) groups is 2. The minimum atomic E-state index is -0.541. The minimum absolute atomic E-state index is 0.312. The molecule has 1 amide bonds. The maximum Gasteiger partial charge on any atom is 0.410 e. The van der Waals surface area contributed by atoms with Crippen molar-refractivity contribution < 1.29 is 23.8 Å². The third-order valence-corrected chi connectivity index (χ3v) is 4.39. The Kier molecular flexibility index (Phi) is 9.05. The summed E-state index contributed by atoms with van der Waals surface area (Å²) >= 11 is 0. The molecule has 2 aromatic rings. The lowest BCUT2D eigenvalue weighted by Gasteiger charge is -2.28. The van der Waals surface area contributed by atoms with Crippen LogP contribution < -0.4 is 4.74 Å². The van der Waals surface area contributed by atoms with Crippen LogP contribution in [0.1, 0.15) is 63.9 Å². The van der Waals surface area contributed by atoms with Crippen molar-refractivity contribution in [2.45, 2.75) is 60.1 Å². The smallest absolute Gasteiger partial charge is 0.410 e. The van der Waals surface area contributed by atoms with E-state index in [-0.39, 0.29) is 6.09 Å². The molecule has 0 aliphatic heterocycles. The van der Waals surface area contributed by atoms with Crippen LogP contribution in [0.15, 0.2) is 42.6 Å². The Bertz CT molecular complexity index is 871. The second kappa shape index (κ2) is 11.5. The van der Waals surface area contributed by atoms with Gasteiger partial charge >= 0.3 is 12.1 Å². The van der Waals surface area contributed by atoms with E-state index in [4.69, 9.17) is 14.2 Å². The van der Waals surface area contributed by atoms with E-state index in [1.54, 1.807) is 24.0 Å². The normalized spacial score (nSPS) is 11.2. The highest BCUT2D eigenvalue weighted by molar-refractivity contribution is 5.89. The summed E-state index contributed by atoms with van der Waals surface area (Å²) in [6, 6.07) is 10.7. The van der Waals surface area contributed by atoms with E-state index >= 15 is 0 Å². The number of benzene rings is 1. The first-order valence-corrected chi connectivity index (χ1v) is 10.9. The van der Waals surface area contributed by atoms with Gasteiger partial charge in [-0.3, -0.25) is 0 Å². The number of nitrogens with zero attached hydrogens (tertiary/aromatic N) is 2. The Morgan fingerprint density at radius 3 is 2.28 bits per heavy atom. The Hall–Kier alpha value is -3.09. The highest BCUT2D eigenvalue weighted by Gasteiger charge is 2.22. The van der Waals surface area contributed by atoms with Crippen molar-refractivity contribution in [3.8, 4) is 11.6 Å². The number of hydrogen-bond acceptors (Lipinski definition) is 6. The number of pyridine rings is 1. The van der Waals surface area contributed by atoms with Gasteiger partial charge in [-0.1, -0.05) is 26.0 Å². The zero-order valence-electron chi connectivity index (χ0n) is 19.9. The number of aromatic nitrogens is 1. The number of amides is 1. The highest BCUT2D eigenvalue weighted by Crippen LogP contribution is 2.21. The summed E-state index contributed by atoms with van der Waals surface area (Å²) in [5.74, 6) is 1.05. The van der Waals surface area contributed by atoms with Crippen LogP contribution in [0.4, 0.5) is 4.79 Å². The molecule has 32 heavy (non-hydrogen) atoms. The number of hydrogen-bond donors (Lipinski definition) is 0. The maximum absolute atomic E-state index is 12.6. The molecule has 0 saturated carbocycles. The summed E-state index contributed by atoms with van der Waals surface area (Å²) in [5.41, 5.74) is 0.802. The third-order valence-electron chi connectivity index (χ3n) is 4.39. The van der Waals surface area contributed by atoms with Crippen LogP contribution >= 0.6 is 0 Å². The topological polar surface area (TPSA) is 78.0 Å². The van der Waals surface area contributed by atoms with Crippen molar-refractivity contribution in [2.24, 2.45) is 5.92 Å². The molecule has 0 bridgehead atoms. The fourth-order valence-electron chi connectivity index (χ4n) is 2.76. The first-order chi connectivity index (χ1) is 15.1. The number of esters is 1. The van der Waals surface area contributed by atoms with Gasteiger partial charge in [0, 0.05) is 25.4 Å². The van der Waals surface area contributed by atoms with Gasteiger partial charge in [0.2, 0.25) is 5.88 Å². The molecule has 0 fully saturated rings. The molecule has 7 nitrogen and oxygen atoms in total. The molecule has 1 aromatic carbocycles. The van der Waals surface area contributed by atoms with Crippen molar-refractivity contribution in [3.63, 3.8) is 0 Å². The van der Waals surface area contributed by atoms with Gasteiger partial charge in [0.05, 0.1) is 12.2 Å². The van der Waals surface area contributed by atoms with Crippen LogP contribution in [-0.2, 0) is 16.0 Å². The first kappa shape index (κ1) is 25.2. The number of rotatable bonds is 9. The van der Waals surface area contributed by atoms with Crippen LogP contribution in [0.2, 0.25) is 0 Å². The van der Waals surface area contributed by atoms with Gasteiger partial charge in [0.1, 0.15) is 11.4 Å². The molecule has 0 radical (unpaired) electrons. The van der Waals surface area contributed by atoms with Crippen LogP contribution in [0, 0.1) is 5.92 Å². The SMILES string of the molecule is CCOC(=O)c1ccc(Oc2ccc(CN(CCC(C)C)C(=O)OC(C)(C)C)cc2)nc1. The summed E-state index contributed by atoms with van der Waals surface area (Å²) in [4.78, 5) is 30.2. The molecule has 1 aromatic heterocycles. The average Bonchev–Trinajstić information content (AvgIpc) is 2.71. The zero-order chi connectivity index (χ0) is 23.7. The van der Waals surface area contributed by atoms with Gasteiger partial charge in [-0.2, -0.15) is 0 Å². The summed E-state index contributed by atoms with van der Waals surface area (Å²) in [7, 11) is 0. The van der Waals surface area contributed by atoms with Crippen molar-refractivity contribution in [3.05, 3.63) is 53.7 Å². The predicted octanol–water partition coefficient (Wildman–Crippen LogP) is 5.83. The molecule has 0 atom stereocenters. The molecule has 0 saturated heterocycles. The molecule has 1 heterocycles. The molecule has 174 valence electrons. The summed E-state index contributed by atoms with van der Waals surface area (Å²) in [6.45, 7) is 13.0. The quantitative estimate of drug-likeness (QED) is 0.455. The highest BCUT2D eigenvalue weighted by atomic mass is 16.6. The van der Waals surface area contributed by atoms with Gasteiger partial charge in [-0.05, 0) is 63.8 Å². The lowest BCUT2D eigenvalue weighted by molar-refractivity contribution is 0.0225. The van der Waals surface area contributed by atoms with Gasteiger partial charge in [-0.25, -0.2) is 14.6 Å². The number of ether oxygens (including phenoxy) is 3. The van der Waals surface area contributed by atoms with E-state index in [2.05, 4.69) is 18.8 Å². The zero-order valence-corrected chi connectivity index (χ0v) is 19.9. The molecule has 2 rings (SSSR count). The van der Waals surface area contributed by atoms with Crippen LogP contribution in [0.5, 0.6) is 11.6 Å². The molecule has 0 aliphatic rings. The van der Waals surface area contributed by atoms with E-state index in [0.717, 1.165) is 12.0 Å². The summed E-state index contributed by atoms with van der Waals surface area (Å²) in [5, 5.41) is 0. The van der Waals surface area contributed by atoms with E-state index in [0.29, 0.717) is 42.8 Å². The Morgan fingerprint density at radius 1 is 1.06 bits per heavy atom. The Balaban J connectivity index is 2.02. The molecule has 0 N–H and O–H groups in total.